The molecule has 0 saturated carbocycles. The van der Waals surface area contributed by atoms with E-state index < -0.39 is 0 Å². The number of carbonyl (C=O) groups excluding carboxylic acids is 1. The Balaban J connectivity index is 2.33. The number of nitrogens with zero attached hydrogens (tertiary/aromatic N) is 2. The normalized spacial score (nSPS) is 10.2. The summed E-state index contributed by atoms with van der Waals surface area (Å²) >= 11 is 0.950. The van der Waals surface area contributed by atoms with Crippen molar-refractivity contribution in [3.05, 3.63) is 35.7 Å². The molecule has 0 saturated heterocycles. The number of carbonyl (C=O) groups is 1. The lowest BCUT2D eigenvalue weighted by Gasteiger charge is -2.13. The summed E-state index contributed by atoms with van der Waals surface area (Å²) in [6, 6.07) is 4.98. The van der Waals surface area contributed by atoms with Crippen LogP contribution >= 0.6 is 11.8 Å². The van der Waals surface area contributed by atoms with Crippen LogP contribution in [0.2, 0.25) is 0 Å². The van der Waals surface area contributed by atoms with Crippen molar-refractivity contribution in [1.29, 1.82) is 0 Å². The van der Waals surface area contributed by atoms with Gasteiger partial charge in [-0.05, 0) is 36.9 Å². The molecule has 7 heteroatoms. The summed E-state index contributed by atoms with van der Waals surface area (Å²) in [5.74, 6) is 1.30. The average Bonchev–Trinajstić information content (AvgIpc) is 2.53. The van der Waals surface area contributed by atoms with Crippen molar-refractivity contribution in [2.45, 2.75) is 12.1 Å². The van der Waals surface area contributed by atoms with Crippen LogP contribution in [0.5, 0.6) is 17.2 Å². The molecule has 6 nitrogen and oxygen atoms in total. The van der Waals surface area contributed by atoms with Gasteiger partial charge >= 0.3 is 0 Å². The van der Waals surface area contributed by atoms with E-state index in [9.17, 15) is 4.79 Å². The van der Waals surface area contributed by atoms with Crippen LogP contribution < -0.4 is 14.2 Å². The molecule has 1 aromatic heterocycles. The first kappa shape index (κ1) is 16.1. The number of hydrogen-bond donors (Lipinski definition) is 0. The average molecular weight is 320 g/mol. The number of methoxy groups -OCH3 is 3. The van der Waals surface area contributed by atoms with Crippen molar-refractivity contribution in [2.75, 3.05) is 21.3 Å². The quantitative estimate of drug-likeness (QED) is 0.619. The number of benzene rings is 1. The molecule has 116 valence electrons. The summed E-state index contributed by atoms with van der Waals surface area (Å²) in [7, 11) is 4.52. The highest BCUT2D eigenvalue weighted by Crippen LogP contribution is 2.39. The summed E-state index contributed by atoms with van der Waals surface area (Å²) in [5.41, 5.74) is 1.22. The van der Waals surface area contributed by atoms with Gasteiger partial charge in [0.25, 0.3) is 0 Å². The Morgan fingerprint density at radius 3 is 2.23 bits per heavy atom. The largest absolute Gasteiger partial charge is 0.493 e. The molecule has 1 aromatic carbocycles. The van der Waals surface area contributed by atoms with Crippen molar-refractivity contribution in [2.24, 2.45) is 0 Å². The van der Waals surface area contributed by atoms with E-state index in [1.807, 2.05) is 6.92 Å². The van der Waals surface area contributed by atoms with Gasteiger partial charge in [-0.3, -0.25) is 4.79 Å². The smallest absolute Gasteiger partial charge is 0.227 e. The van der Waals surface area contributed by atoms with E-state index in [2.05, 4.69) is 9.97 Å². The second kappa shape index (κ2) is 7.13. The van der Waals surface area contributed by atoms with E-state index in [-0.39, 0.29) is 5.12 Å². The van der Waals surface area contributed by atoms with E-state index in [1.54, 1.807) is 24.4 Å². The van der Waals surface area contributed by atoms with Gasteiger partial charge in [-0.25, -0.2) is 9.97 Å². The maximum atomic E-state index is 12.4. The Labute approximate surface area is 132 Å². The molecule has 0 fully saturated rings. The van der Waals surface area contributed by atoms with E-state index in [4.69, 9.17) is 14.2 Å². The molecule has 0 aliphatic rings. The molecule has 1 heterocycles. The fourth-order valence-electron chi connectivity index (χ4n) is 1.82. The van der Waals surface area contributed by atoms with Crippen LogP contribution in [0.4, 0.5) is 0 Å². The van der Waals surface area contributed by atoms with Gasteiger partial charge in [0.15, 0.2) is 16.7 Å². The lowest BCUT2D eigenvalue weighted by atomic mass is 10.2. The molecule has 0 aliphatic heterocycles. The topological polar surface area (TPSA) is 70.5 Å². The van der Waals surface area contributed by atoms with Gasteiger partial charge in [0.1, 0.15) is 0 Å². The molecule has 0 N–H and O–H groups in total. The third kappa shape index (κ3) is 3.48. The highest BCUT2D eigenvalue weighted by Gasteiger charge is 2.18. The molecular formula is C15H16N2O4S. The number of aromatic nitrogens is 2. The van der Waals surface area contributed by atoms with Crippen molar-refractivity contribution in [3.8, 4) is 17.2 Å². The molecule has 22 heavy (non-hydrogen) atoms. The lowest BCUT2D eigenvalue weighted by Crippen LogP contribution is -2.01. The van der Waals surface area contributed by atoms with Crippen molar-refractivity contribution in [3.63, 3.8) is 0 Å². The predicted octanol–water partition coefficient (Wildman–Crippen LogP) is 2.74. The van der Waals surface area contributed by atoms with E-state index in [1.165, 1.54) is 21.3 Å². The standard InChI is InChI=1S/C15H16N2O4S/c1-9-5-6-16-15(17-9)22-14(18)10-7-11(19-2)13(21-4)12(8-10)20-3/h5-8H,1-4H3. The molecule has 0 aliphatic carbocycles. The van der Waals surface area contributed by atoms with Gasteiger partial charge in [0, 0.05) is 17.5 Å². The first-order chi connectivity index (χ1) is 10.6. The van der Waals surface area contributed by atoms with Gasteiger partial charge in [0.2, 0.25) is 10.9 Å². The van der Waals surface area contributed by atoms with Crippen LogP contribution in [-0.4, -0.2) is 36.4 Å². The third-order valence-electron chi connectivity index (χ3n) is 2.86. The van der Waals surface area contributed by atoms with Crippen LogP contribution in [0.25, 0.3) is 0 Å². The molecule has 0 radical (unpaired) electrons. The second-order valence-electron chi connectivity index (χ2n) is 4.28. The first-order valence-corrected chi connectivity index (χ1v) is 7.22. The number of ether oxygens (including phenoxy) is 3. The van der Waals surface area contributed by atoms with Crippen molar-refractivity contribution in [1.82, 2.24) is 9.97 Å². The van der Waals surface area contributed by atoms with Gasteiger partial charge in [-0.1, -0.05) is 0 Å². The van der Waals surface area contributed by atoms with E-state index >= 15 is 0 Å². The lowest BCUT2D eigenvalue weighted by molar-refractivity contribution is 0.108. The van der Waals surface area contributed by atoms with Crippen LogP contribution in [0.15, 0.2) is 29.6 Å². The molecular weight excluding hydrogens is 304 g/mol. The van der Waals surface area contributed by atoms with Crippen LogP contribution in [0, 0.1) is 6.92 Å². The summed E-state index contributed by atoms with van der Waals surface area (Å²) < 4.78 is 15.7. The second-order valence-corrected chi connectivity index (χ2v) is 5.22. The van der Waals surface area contributed by atoms with Gasteiger partial charge in [-0.15, -0.1) is 0 Å². The Bertz CT molecular complexity index is 666. The van der Waals surface area contributed by atoms with Gasteiger partial charge < -0.3 is 14.2 Å². The minimum absolute atomic E-state index is 0.204. The zero-order valence-electron chi connectivity index (χ0n) is 12.7. The zero-order valence-corrected chi connectivity index (χ0v) is 13.6. The maximum absolute atomic E-state index is 12.4. The Kier molecular flexibility index (Phi) is 5.21. The molecule has 0 spiro atoms. The van der Waals surface area contributed by atoms with E-state index in [0.717, 1.165) is 17.5 Å². The minimum atomic E-state index is -0.204. The number of hydrogen-bond acceptors (Lipinski definition) is 7. The number of aryl methyl sites for hydroxylation is 1. The number of rotatable bonds is 5. The fourth-order valence-corrected chi connectivity index (χ4v) is 2.52. The zero-order chi connectivity index (χ0) is 16.1. The summed E-state index contributed by atoms with van der Waals surface area (Å²) in [6.07, 6.45) is 1.62. The highest BCUT2D eigenvalue weighted by molar-refractivity contribution is 8.14. The Morgan fingerprint density at radius 2 is 1.73 bits per heavy atom. The van der Waals surface area contributed by atoms with E-state index in [0.29, 0.717) is 28.0 Å². The summed E-state index contributed by atoms with van der Waals surface area (Å²) in [5, 5.41) is 0.198. The molecule has 0 bridgehead atoms. The SMILES string of the molecule is COc1cc(C(=O)Sc2nccc(C)n2)cc(OC)c1OC. The Hall–Kier alpha value is -2.28. The van der Waals surface area contributed by atoms with Crippen LogP contribution in [0.1, 0.15) is 16.1 Å². The molecule has 2 rings (SSSR count). The molecule has 0 atom stereocenters. The van der Waals surface area contributed by atoms with Crippen molar-refractivity contribution < 1.29 is 19.0 Å². The summed E-state index contributed by atoms with van der Waals surface area (Å²) in [6.45, 7) is 1.84. The maximum Gasteiger partial charge on any atom is 0.227 e. The monoisotopic (exact) mass is 320 g/mol. The third-order valence-corrected chi connectivity index (χ3v) is 3.66. The van der Waals surface area contributed by atoms with Crippen molar-refractivity contribution >= 4 is 16.9 Å². The summed E-state index contributed by atoms with van der Waals surface area (Å²) in [4.78, 5) is 20.7. The van der Waals surface area contributed by atoms with Crippen LogP contribution in [-0.2, 0) is 0 Å². The molecule has 2 aromatic rings. The molecule has 0 unspecified atom stereocenters. The number of thioether (sulfide) groups is 1. The predicted molar refractivity (Wildman–Crippen MR) is 83.1 cm³/mol. The fraction of sp³-hybridized carbons (Fsp3) is 0.267. The van der Waals surface area contributed by atoms with Gasteiger partial charge in [-0.2, -0.15) is 0 Å². The van der Waals surface area contributed by atoms with Gasteiger partial charge in [0.05, 0.1) is 21.3 Å². The molecule has 0 amide bonds. The Morgan fingerprint density at radius 1 is 1.09 bits per heavy atom. The van der Waals surface area contributed by atoms with Crippen LogP contribution in [0.3, 0.4) is 0 Å². The first-order valence-electron chi connectivity index (χ1n) is 6.41. The minimum Gasteiger partial charge on any atom is -0.493 e. The highest BCUT2D eigenvalue weighted by atomic mass is 32.2.